The number of esters is 1. The number of nitrogens with zero attached hydrogens (tertiary/aromatic N) is 3. The molecule has 0 saturated carbocycles. The molecule has 0 aliphatic carbocycles. The molecule has 0 aliphatic rings. The standard InChI is InChI=1S/C26H25N3O4S/c1-17-15-22(23(30)16-33-24(31)13-12-21-11-8-14-34-21)18(2)28(17)25-19(3)27(4)29(26(25)32)20-9-6-5-7-10-20/h5-15H,16H2,1-4H3/b13-12+. The lowest BCUT2D eigenvalue weighted by Crippen LogP contribution is -2.22. The van der Waals surface area contributed by atoms with Crippen LogP contribution in [0.3, 0.4) is 0 Å². The number of hydrogen-bond donors (Lipinski definition) is 0. The largest absolute Gasteiger partial charge is 0.454 e. The molecule has 4 rings (SSSR count). The Labute approximate surface area is 201 Å². The SMILES string of the molecule is Cc1cc(C(=O)COC(=O)/C=C/c2cccs2)c(C)n1-c1c(C)n(C)n(-c2ccccc2)c1=O. The minimum absolute atomic E-state index is 0.183. The molecule has 0 bridgehead atoms. The fourth-order valence-corrected chi connectivity index (χ4v) is 4.62. The topological polar surface area (TPSA) is 75.2 Å². The highest BCUT2D eigenvalue weighted by atomic mass is 32.1. The third kappa shape index (κ3) is 4.32. The Morgan fingerprint density at radius 1 is 1.03 bits per heavy atom. The van der Waals surface area contributed by atoms with Gasteiger partial charge in [-0.3, -0.25) is 14.3 Å². The van der Waals surface area contributed by atoms with Gasteiger partial charge in [-0.1, -0.05) is 24.3 Å². The van der Waals surface area contributed by atoms with Crippen LogP contribution >= 0.6 is 11.3 Å². The van der Waals surface area contributed by atoms with Crippen LogP contribution in [0.15, 0.2) is 64.8 Å². The molecule has 3 aromatic heterocycles. The highest BCUT2D eigenvalue weighted by Crippen LogP contribution is 2.23. The molecule has 8 heteroatoms. The number of aromatic nitrogens is 3. The maximum absolute atomic E-state index is 13.4. The number of para-hydroxylation sites is 1. The average Bonchev–Trinajstić information content (AvgIpc) is 3.50. The van der Waals surface area contributed by atoms with E-state index in [1.807, 2.05) is 68.7 Å². The summed E-state index contributed by atoms with van der Waals surface area (Å²) in [5.74, 6) is -0.908. The van der Waals surface area contributed by atoms with E-state index in [4.69, 9.17) is 4.74 Å². The Balaban J connectivity index is 1.60. The number of aryl methyl sites for hydroxylation is 1. The van der Waals surface area contributed by atoms with Gasteiger partial charge in [0.2, 0.25) is 5.78 Å². The zero-order valence-electron chi connectivity index (χ0n) is 19.4. The molecule has 0 N–H and O–H groups in total. The van der Waals surface area contributed by atoms with Crippen molar-refractivity contribution in [2.75, 3.05) is 6.61 Å². The normalized spacial score (nSPS) is 11.3. The molecule has 0 amide bonds. The van der Waals surface area contributed by atoms with E-state index < -0.39 is 5.97 Å². The molecular formula is C26H25N3O4S. The molecule has 174 valence electrons. The Kier molecular flexibility index (Phi) is 6.51. The zero-order valence-corrected chi connectivity index (χ0v) is 20.3. The van der Waals surface area contributed by atoms with E-state index >= 15 is 0 Å². The molecule has 0 radical (unpaired) electrons. The van der Waals surface area contributed by atoms with Crippen molar-refractivity contribution < 1.29 is 14.3 Å². The Hall–Kier alpha value is -3.91. The Bertz CT molecular complexity index is 1440. The third-order valence-corrected chi connectivity index (χ3v) is 6.59. The lowest BCUT2D eigenvalue weighted by Gasteiger charge is -2.08. The minimum Gasteiger partial charge on any atom is -0.454 e. The van der Waals surface area contributed by atoms with Gasteiger partial charge in [0, 0.05) is 35.0 Å². The smallest absolute Gasteiger partial charge is 0.331 e. The number of carbonyl (C=O) groups excluding carboxylic acids is 2. The highest BCUT2D eigenvalue weighted by molar-refractivity contribution is 7.10. The summed E-state index contributed by atoms with van der Waals surface area (Å²) in [7, 11) is 1.83. The van der Waals surface area contributed by atoms with E-state index in [1.165, 1.54) is 17.4 Å². The van der Waals surface area contributed by atoms with Crippen molar-refractivity contribution in [1.29, 1.82) is 0 Å². The number of ether oxygens (including phenoxy) is 1. The summed E-state index contributed by atoms with van der Waals surface area (Å²) in [6.45, 7) is 5.13. The fourth-order valence-electron chi connectivity index (χ4n) is 4.00. The Morgan fingerprint density at radius 3 is 2.44 bits per heavy atom. The van der Waals surface area contributed by atoms with Gasteiger partial charge in [-0.15, -0.1) is 11.3 Å². The second-order valence-electron chi connectivity index (χ2n) is 7.91. The van der Waals surface area contributed by atoms with E-state index in [9.17, 15) is 14.4 Å². The number of rotatable bonds is 7. The van der Waals surface area contributed by atoms with E-state index in [-0.39, 0.29) is 17.9 Å². The third-order valence-electron chi connectivity index (χ3n) is 5.75. The summed E-state index contributed by atoms with van der Waals surface area (Å²) in [5.41, 5.74) is 3.61. The molecule has 0 aliphatic heterocycles. The van der Waals surface area contributed by atoms with Crippen LogP contribution in [-0.4, -0.2) is 32.3 Å². The molecule has 7 nitrogen and oxygen atoms in total. The van der Waals surface area contributed by atoms with Crippen LogP contribution in [0.4, 0.5) is 0 Å². The molecule has 4 aromatic rings. The number of Topliss-reactive ketones (excluding diaryl/α,β-unsaturated/α-hetero) is 1. The van der Waals surface area contributed by atoms with Crippen LogP contribution in [0.25, 0.3) is 17.5 Å². The van der Waals surface area contributed by atoms with Gasteiger partial charge in [0.25, 0.3) is 5.56 Å². The summed E-state index contributed by atoms with van der Waals surface area (Å²) < 4.78 is 10.3. The van der Waals surface area contributed by atoms with E-state index in [0.29, 0.717) is 16.9 Å². The predicted molar refractivity (Wildman–Crippen MR) is 133 cm³/mol. The summed E-state index contributed by atoms with van der Waals surface area (Å²) >= 11 is 1.50. The van der Waals surface area contributed by atoms with Crippen LogP contribution in [0.5, 0.6) is 0 Å². The van der Waals surface area contributed by atoms with E-state index in [2.05, 4.69) is 0 Å². The molecule has 0 spiro atoms. The maximum atomic E-state index is 13.4. The van der Waals surface area contributed by atoms with Gasteiger partial charge in [-0.2, -0.15) is 0 Å². The predicted octanol–water partition coefficient (Wildman–Crippen LogP) is 4.39. The monoisotopic (exact) mass is 475 g/mol. The number of hydrogen-bond acceptors (Lipinski definition) is 5. The molecule has 34 heavy (non-hydrogen) atoms. The van der Waals surface area contributed by atoms with Gasteiger partial charge in [-0.05, 0) is 56.5 Å². The first-order chi connectivity index (χ1) is 16.3. The summed E-state index contributed by atoms with van der Waals surface area (Å²) in [6, 6.07) is 14.9. The van der Waals surface area contributed by atoms with Crippen molar-refractivity contribution in [2.24, 2.45) is 7.05 Å². The van der Waals surface area contributed by atoms with Crippen molar-refractivity contribution in [3.63, 3.8) is 0 Å². The highest BCUT2D eigenvalue weighted by Gasteiger charge is 2.24. The summed E-state index contributed by atoms with van der Waals surface area (Å²) in [6.07, 6.45) is 2.96. The fraction of sp³-hybridized carbons (Fsp3) is 0.192. The number of ketones is 1. The van der Waals surface area contributed by atoms with Crippen LogP contribution in [-0.2, 0) is 16.6 Å². The second kappa shape index (κ2) is 9.52. The molecule has 0 fully saturated rings. The summed E-state index contributed by atoms with van der Waals surface area (Å²) in [5, 5.41) is 1.91. The molecule has 0 unspecified atom stereocenters. The van der Waals surface area contributed by atoms with Gasteiger partial charge in [0.05, 0.1) is 11.4 Å². The zero-order chi connectivity index (χ0) is 24.4. The average molecular weight is 476 g/mol. The lowest BCUT2D eigenvalue weighted by atomic mass is 10.1. The first kappa shape index (κ1) is 23.3. The second-order valence-corrected chi connectivity index (χ2v) is 8.89. The van der Waals surface area contributed by atoms with Gasteiger partial charge >= 0.3 is 5.97 Å². The quantitative estimate of drug-likeness (QED) is 0.226. The molecule has 1 aromatic carbocycles. The first-order valence-corrected chi connectivity index (χ1v) is 11.6. The van der Waals surface area contributed by atoms with E-state index in [0.717, 1.165) is 22.0 Å². The van der Waals surface area contributed by atoms with Gasteiger partial charge in [-0.25, -0.2) is 9.48 Å². The van der Waals surface area contributed by atoms with Crippen LogP contribution in [0.2, 0.25) is 0 Å². The number of thiophene rings is 1. The minimum atomic E-state index is -0.583. The molecule has 0 saturated heterocycles. The van der Waals surface area contributed by atoms with Gasteiger partial charge in [0.1, 0.15) is 5.69 Å². The van der Waals surface area contributed by atoms with Gasteiger partial charge in [0.15, 0.2) is 6.61 Å². The number of carbonyl (C=O) groups is 2. The molecular weight excluding hydrogens is 450 g/mol. The number of benzene rings is 1. The van der Waals surface area contributed by atoms with Crippen LogP contribution < -0.4 is 5.56 Å². The lowest BCUT2D eigenvalue weighted by molar-refractivity contribution is -0.136. The van der Waals surface area contributed by atoms with Crippen LogP contribution in [0, 0.1) is 20.8 Å². The molecule has 3 heterocycles. The Morgan fingerprint density at radius 2 is 1.76 bits per heavy atom. The molecule has 0 atom stereocenters. The van der Waals surface area contributed by atoms with E-state index in [1.54, 1.807) is 33.0 Å². The maximum Gasteiger partial charge on any atom is 0.331 e. The van der Waals surface area contributed by atoms with Crippen molar-refractivity contribution in [3.05, 3.63) is 97.9 Å². The van der Waals surface area contributed by atoms with Crippen LogP contribution in [0.1, 0.15) is 32.3 Å². The van der Waals surface area contributed by atoms with Crippen molar-refractivity contribution in [2.45, 2.75) is 20.8 Å². The van der Waals surface area contributed by atoms with Crippen molar-refractivity contribution in [3.8, 4) is 11.4 Å². The summed E-state index contributed by atoms with van der Waals surface area (Å²) in [4.78, 5) is 39.2. The first-order valence-electron chi connectivity index (χ1n) is 10.7. The van der Waals surface area contributed by atoms with Crippen molar-refractivity contribution >= 4 is 29.2 Å². The van der Waals surface area contributed by atoms with Crippen molar-refractivity contribution in [1.82, 2.24) is 13.9 Å². The van der Waals surface area contributed by atoms with Gasteiger partial charge < -0.3 is 9.30 Å².